The van der Waals surface area contributed by atoms with Gasteiger partial charge < -0.3 is 21.3 Å². The Morgan fingerprint density at radius 3 is 2.32 bits per heavy atom. The van der Waals surface area contributed by atoms with E-state index in [-0.39, 0.29) is 16.8 Å². The lowest BCUT2D eigenvalue weighted by Crippen LogP contribution is -2.41. The van der Waals surface area contributed by atoms with E-state index in [2.05, 4.69) is 16.7 Å². The van der Waals surface area contributed by atoms with Crippen LogP contribution in [0.3, 0.4) is 0 Å². The summed E-state index contributed by atoms with van der Waals surface area (Å²) in [5.74, 6) is -0.149. The van der Waals surface area contributed by atoms with Crippen molar-refractivity contribution in [3.63, 3.8) is 0 Å². The predicted octanol–water partition coefficient (Wildman–Crippen LogP) is 3.69. The van der Waals surface area contributed by atoms with Crippen LogP contribution >= 0.6 is 0 Å². The summed E-state index contributed by atoms with van der Waals surface area (Å²) < 4.78 is 23.2. The Labute approximate surface area is 215 Å². The van der Waals surface area contributed by atoms with Crippen LogP contribution in [0.4, 0.5) is 16.2 Å². The second kappa shape index (κ2) is 10.8. The summed E-state index contributed by atoms with van der Waals surface area (Å²) in [6.07, 6.45) is 2.35. The molecule has 0 unspecified atom stereocenters. The van der Waals surface area contributed by atoms with Crippen molar-refractivity contribution in [2.24, 2.45) is 5.73 Å². The summed E-state index contributed by atoms with van der Waals surface area (Å²) in [6, 6.07) is 19.7. The summed E-state index contributed by atoms with van der Waals surface area (Å²) in [4.78, 5) is 28.0. The van der Waals surface area contributed by atoms with E-state index in [9.17, 15) is 18.0 Å². The fourth-order valence-corrected chi connectivity index (χ4v) is 4.95. The molecule has 0 aromatic heterocycles. The Hall–Kier alpha value is -4.20. The highest BCUT2D eigenvalue weighted by Gasteiger charge is 2.33. The number of carbonyl (C=O) groups excluding carboxylic acids is 2. The van der Waals surface area contributed by atoms with Crippen LogP contribution in [0.15, 0.2) is 71.6 Å². The number of benzene rings is 3. The fraction of sp³-hybridized carbons (Fsp3) is 0.222. The second-order valence-electron chi connectivity index (χ2n) is 8.84. The number of nitrogens with one attached hydrogen (secondary N) is 2. The molecule has 3 aromatic carbocycles. The van der Waals surface area contributed by atoms with Crippen LogP contribution in [-0.2, 0) is 16.3 Å². The lowest BCUT2D eigenvalue weighted by atomic mass is 9.88. The number of carbonyl (C=O) groups is 2. The number of hydrogen-bond donors (Lipinski definition) is 3. The molecule has 0 radical (unpaired) electrons. The summed E-state index contributed by atoms with van der Waals surface area (Å²) in [5, 5.41) is 14.5. The van der Waals surface area contributed by atoms with Crippen molar-refractivity contribution in [3.8, 4) is 6.07 Å². The maximum absolute atomic E-state index is 13.5. The number of nitrogens with two attached hydrogens (primary N) is 1. The number of nitrogens with zero attached hydrogens (tertiary/aromatic N) is 2. The molecule has 0 fully saturated rings. The van der Waals surface area contributed by atoms with E-state index in [1.54, 1.807) is 29.2 Å². The van der Waals surface area contributed by atoms with Gasteiger partial charge in [-0.3, -0.25) is 4.79 Å². The van der Waals surface area contributed by atoms with Gasteiger partial charge in [0.1, 0.15) is 0 Å². The molecule has 4 rings (SSSR count). The SMILES string of the molecule is CS(=O)(=O)c1ccc(NC(=O)Nc2ccc3c(c2)C(=O)N(CCCN)[C@H](c2ccc(C#N)cc2)C3)cc1. The molecule has 0 saturated carbocycles. The first kappa shape index (κ1) is 25.9. The molecule has 1 atom stereocenters. The zero-order valence-electron chi connectivity index (χ0n) is 20.3. The maximum Gasteiger partial charge on any atom is 0.323 e. The highest BCUT2D eigenvalue weighted by atomic mass is 32.2. The molecular weight excluding hydrogens is 490 g/mol. The van der Waals surface area contributed by atoms with Crippen molar-refractivity contribution < 1.29 is 18.0 Å². The topological polar surface area (TPSA) is 145 Å². The number of rotatable bonds is 7. The molecule has 0 aliphatic carbocycles. The fourth-order valence-electron chi connectivity index (χ4n) is 4.32. The van der Waals surface area contributed by atoms with Crippen molar-refractivity contribution >= 4 is 33.2 Å². The van der Waals surface area contributed by atoms with E-state index in [0.717, 1.165) is 17.4 Å². The molecule has 3 amide bonds. The van der Waals surface area contributed by atoms with Gasteiger partial charge in [-0.05, 0) is 79.0 Å². The van der Waals surface area contributed by atoms with Gasteiger partial charge in [0.15, 0.2) is 9.84 Å². The van der Waals surface area contributed by atoms with E-state index < -0.39 is 15.9 Å². The average molecular weight is 518 g/mol. The lowest BCUT2D eigenvalue weighted by Gasteiger charge is -2.37. The van der Waals surface area contributed by atoms with Crippen molar-refractivity contribution in [2.45, 2.75) is 23.8 Å². The molecule has 10 heteroatoms. The summed E-state index contributed by atoms with van der Waals surface area (Å²) in [7, 11) is -3.33. The number of urea groups is 1. The van der Waals surface area contributed by atoms with Gasteiger partial charge in [0.25, 0.3) is 5.91 Å². The molecule has 0 bridgehead atoms. The molecule has 0 saturated heterocycles. The zero-order chi connectivity index (χ0) is 26.6. The first-order valence-corrected chi connectivity index (χ1v) is 13.6. The molecule has 3 aromatic rings. The van der Waals surface area contributed by atoms with E-state index in [1.807, 2.05) is 18.2 Å². The van der Waals surface area contributed by atoms with E-state index >= 15 is 0 Å². The normalized spacial score (nSPS) is 15.0. The van der Waals surface area contributed by atoms with E-state index in [0.29, 0.717) is 48.4 Å². The smallest absolute Gasteiger partial charge is 0.323 e. The third kappa shape index (κ3) is 5.97. The highest BCUT2D eigenvalue weighted by Crippen LogP contribution is 2.34. The maximum atomic E-state index is 13.5. The van der Waals surface area contributed by atoms with Gasteiger partial charge in [-0.25, -0.2) is 13.2 Å². The first-order valence-electron chi connectivity index (χ1n) is 11.7. The molecule has 0 spiro atoms. The molecule has 4 N–H and O–H groups in total. The van der Waals surface area contributed by atoms with E-state index in [1.165, 1.54) is 24.3 Å². The van der Waals surface area contributed by atoms with Crippen LogP contribution in [0.1, 0.15) is 39.5 Å². The monoisotopic (exact) mass is 517 g/mol. The van der Waals surface area contributed by atoms with E-state index in [4.69, 9.17) is 11.0 Å². The molecule has 9 nitrogen and oxygen atoms in total. The van der Waals surface area contributed by atoms with Crippen LogP contribution in [0.5, 0.6) is 0 Å². The number of hydrogen-bond acceptors (Lipinski definition) is 6. The lowest BCUT2D eigenvalue weighted by molar-refractivity contribution is 0.0646. The molecule has 1 heterocycles. The quantitative estimate of drug-likeness (QED) is 0.436. The predicted molar refractivity (Wildman–Crippen MR) is 141 cm³/mol. The highest BCUT2D eigenvalue weighted by molar-refractivity contribution is 7.90. The average Bonchev–Trinajstić information content (AvgIpc) is 2.88. The third-order valence-corrected chi connectivity index (χ3v) is 7.34. The second-order valence-corrected chi connectivity index (χ2v) is 10.9. The summed E-state index contributed by atoms with van der Waals surface area (Å²) in [5.41, 5.74) is 9.48. The number of nitriles is 1. The molecule has 1 aliphatic rings. The van der Waals surface area contributed by atoms with Crippen LogP contribution in [0, 0.1) is 11.3 Å². The first-order chi connectivity index (χ1) is 17.7. The van der Waals surface area contributed by atoms with Crippen LogP contribution in [0.25, 0.3) is 0 Å². The van der Waals surface area contributed by atoms with Crippen LogP contribution in [0.2, 0.25) is 0 Å². The molecule has 1 aliphatic heterocycles. The van der Waals surface area contributed by atoms with Gasteiger partial charge in [0, 0.05) is 29.7 Å². The Kier molecular flexibility index (Phi) is 7.57. The minimum Gasteiger partial charge on any atom is -0.331 e. The Balaban J connectivity index is 1.52. The van der Waals surface area contributed by atoms with Crippen molar-refractivity contribution in [2.75, 3.05) is 30.0 Å². The zero-order valence-corrected chi connectivity index (χ0v) is 21.1. The van der Waals surface area contributed by atoms with Gasteiger partial charge in [0.05, 0.1) is 22.6 Å². The molecule has 37 heavy (non-hydrogen) atoms. The van der Waals surface area contributed by atoms with Gasteiger partial charge in [-0.15, -0.1) is 0 Å². The summed E-state index contributed by atoms with van der Waals surface area (Å²) in [6.45, 7) is 0.935. The third-order valence-electron chi connectivity index (χ3n) is 6.22. The minimum absolute atomic E-state index is 0.149. The number of sulfone groups is 1. The van der Waals surface area contributed by atoms with Crippen LogP contribution in [-0.4, -0.2) is 44.6 Å². The standard InChI is InChI=1S/C27H27N5O4S/c1-37(35,36)23-11-9-21(10-12-23)30-27(34)31-22-8-7-20-15-25(19-5-3-18(17-29)4-6-19)32(14-2-13-28)26(33)24(20)16-22/h3-12,16,25H,2,13-15,28H2,1H3,(H2,30,31,34)/t25-/m0/s1. The van der Waals surface area contributed by atoms with Crippen LogP contribution < -0.4 is 16.4 Å². The van der Waals surface area contributed by atoms with Gasteiger partial charge in [-0.2, -0.15) is 5.26 Å². The van der Waals surface area contributed by atoms with Crippen molar-refractivity contribution in [1.29, 1.82) is 5.26 Å². The Morgan fingerprint density at radius 1 is 1.05 bits per heavy atom. The number of amides is 3. The number of anilines is 2. The summed E-state index contributed by atoms with van der Waals surface area (Å²) >= 11 is 0. The Bertz CT molecular complexity index is 1460. The largest absolute Gasteiger partial charge is 0.331 e. The molecular formula is C27H27N5O4S. The molecule has 190 valence electrons. The number of fused-ring (bicyclic) bond motifs is 1. The van der Waals surface area contributed by atoms with Gasteiger partial charge >= 0.3 is 6.03 Å². The van der Waals surface area contributed by atoms with Crippen molar-refractivity contribution in [3.05, 3.63) is 89.0 Å². The Morgan fingerprint density at radius 2 is 1.70 bits per heavy atom. The van der Waals surface area contributed by atoms with Gasteiger partial charge in [-0.1, -0.05) is 18.2 Å². The van der Waals surface area contributed by atoms with Crippen molar-refractivity contribution in [1.82, 2.24) is 4.90 Å². The minimum atomic E-state index is -3.33. The van der Waals surface area contributed by atoms with Gasteiger partial charge in [0.2, 0.25) is 0 Å².